The van der Waals surface area contributed by atoms with Crippen molar-refractivity contribution in [1.29, 1.82) is 0 Å². The zero-order valence-corrected chi connectivity index (χ0v) is 20.4. The smallest absolute Gasteiger partial charge is 0.318 e. The third-order valence-corrected chi connectivity index (χ3v) is 7.06. The second kappa shape index (κ2) is 11.2. The number of carbonyl (C=O) groups excluding carboxylic acids is 1. The fraction of sp³-hybridized carbons (Fsp3) is 0.560. The Bertz CT molecular complexity index is 876. The van der Waals surface area contributed by atoms with Gasteiger partial charge in [0.25, 0.3) is 0 Å². The van der Waals surface area contributed by atoms with Gasteiger partial charge in [-0.15, -0.1) is 0 Å². The maximum atomic E-state index is 12.9. The Morgan fingerprint density at radius 2 is 1.76 bits per heavy atom. The highest BCUT2D eigenvalue weighted by atomic mass is 35.5. The summed E-state index contributed by atoms with van der Waals surface area (Å²) < 4.78 is 0. The van der Waals surface area contributed by atoms with Crippen molar-refractivity contribution in [2.75, 3.05) is 37.6 Å². The molecule has 0 radical (unpaired) electrons. The van der Waals surface area contributed by atoms with Crippen LogP contribution < -0.4 is 10.2 Å². The van der Waals surface area contributed by atoms with Crippen LogP contribution in [-0.2, 0) is 6.54 Å². The highest BCUT2D eigenvalue weighted by molar-refractivity contribution is 6.29. The lowest BCUT2D eigenvalue weighted by atomic mass is 9.93. The Kier molecular flexibility index (Phi) is 8.04. The first kappa shape index (κ1) is 23.8. The molecular weight excluding hydrogens is 436 g/mol. The third kappa shape index (κ3) is 6.36. The van der Waals surface area contributed by atoms with Gasteiger partial charge in [-0.2, -0.15) is 0 Å². The van der Waals surface area contributed by atoms with E-state index in [2.05, 4.69) is 69.3 Å². The van der Waals surface area contributed by atoms with E-state index in [1.807, 2.05) is 4.90 Å². The van der Waals surface area contributed by atoms with E-state index in [0.29, 0.717) is 11.1 Å². The summed E-state index contributed by atoms with van der Waals surface area (Å²) >= 11 is 5.86. The number of hydrogen-bond acceptors (Lipinski definition) is 5. The normalized spacial score (nSPS) is 22.4. The van der Waals surface area contributed by atoms with Crippen molar-refractivity contribution in [3.05, 3.63) is 53.4 Å². The molecule has 1 aromatic heterocycles. The van der Waals surface area contributed by atoms with Crippen LogP contribution in [0.5, 0.6) is 0 Å². The summed E-state index contributed by atoms with van der Waals surface area (Å²) in [4.78, 5) is 28.1. The van der Waals surface area contributed by atoms with Crippen LogP contribution in [0.1, 0.15) is 38.7 Å². The van der Waals surface area contributed by atoms with Crippen LogP contribution in [0.25, 0.3) is 0 Å². The van der Waals surface area contributed by atoms with Crippen molar-refractivity contribution in [2.24, 2.45) is 5.92 Å². The van der Waals surface area contributed by atoms with E-state index in [4.69, 9.17) is 11.6 Å². The molecular formula is C25H35ClN6O. The standard InChI is InChI=1S/C25H35ClN6O/c1-19-16-31(24-15-28-23(26)14-29-24)17-20(2)32(19)25(33)27-11-8-21-9-12-30(13-10-21)18-22-6-4-3-5-7-22/h3-7,14-15,19-21H,8-13,16-18H2,1-2H3,(H,27,33). The van der Waals surface area contributed by atoms with Crippen molar-refractivity contribution in [2.45, 2.75) is 51.7 Å². The fourth-order valence-electron chi connectivity index (χ4n) is 5.13. The molecule has 0 saturated carbocycles. The summed E-state index contributed by atoms with van der Waals surface area (Å²) in [5, 5.41) is 3.57. The fourth-order valence-corrected chi connectivity index (χ4v) is 5.23. The van der Waals surface area contributed by atoms with Crippen LogP contribution in [0.3, 0.4) is 0 Å². The third-order valence-electron chi connectivity index (χ3n) is 6.87. The van der Waals surface area contributed by atoms with Gasteiger partial charge in [0.1, 0.15) is 11.0 Å². The molecule has 2 amide bonds. The number of anilines is 1. The minimum absolute atomic E-state index is 0.0401. The number of amides is 2. The molecule has 2 atom stereocenters. The van der Waals surface area contributed by atoms with E-state index < -0.39 is 0 Å². The number of urea groups is 1. The second-order valence-electron chi connectivity index (χ2n) is 9.43. The highest BCUT2D eigenvalue weighted by Crippen LogP contribution is 2.23. The van der Waals surface area contributed by atoms with E-state index in [1.165, 1.54) is 18.4 Å². The molecule has 8 heteroatoms. The molecule has 7 nitrogen and oxygen atoms in total. The number of hydrogen-bond donors (Lipinski definition) is 1. The van der Waals surface area contributed by atoms with Gasteiger partial charge in [0, 0.05) is 38.3 Å². The van der Waals surface area contributed by atoms with E-state index in [1.54, 1.807) is 12.4 Å². The number of nitrogens with zero attached hydrogens (tertiary/aromatic N) is 5. The van der Waals surface area contributed by atoms with Gasteiger partial charge in [-0.1, -0.05) is 41.9 Å². The van der Waals surface area contributed by atoms with E-state index in [0.717, 1.165) is 51.5 Å². The highest BCUT2D eigenvalue weighted by Gasteiger charge is 2.33. The van der Waals surface area contributed by atoms with Gasteiger partial charge in [-0.05, 0) is 57.7 Å². The molecule has 2 aromatic rings. The summed E-state index contributed by atoms with van der Waals surface area (Å²) in [6.45, 7) is 9.69. The minimum Gasteiger partial charge on any atom is -0.351 e. The second-order valence-corrected chi connectivity index (χ2v) is 9.82. The van der Waals surface area contributed by atoms with Crippen molar-refractivity contribution in [3.63, 3.8) is 0 Å². The molecule has 33 heavy (non-hydrogen) atoms. The van der Waals surface area contributed by atoms with Crippen molar-refractivity contribution >= 4 is 23.4 Å². The summed E-state index contributed by atoms with van der Waals surface area (Å²) in [5.41, 5.74) is 1.38. The molecule has 3 heterocycles. The summed E-state index contributed by atoms with van der Waals surface area (Å²) in [7, 11) is 0. The van der Waals surface area contributed by atoms with Crippen molar-refractivity contribution < 1.29 is 4.79 Å². The Morgan fingerprint density at radius 1 is 1.06 bits per heavy atom. The zero-order chi connectivity index (χ0) is 23.2. The Hall–Kier alpha value is -2.38. The minimum atomic E-state index is 0.0401. The van der Waals surface area contributed by atoms with Crippen LogP contribution in [0.15, 0.2) is 42.7 Å². The molecule has 2 aliphatic heterocycles. The van der Waals surface area contributed by atoms with Gasteiger partial charge in [0.2, 0.25) is 0 Å². The van der Waals surface area contributed by atoms with Crippen LogP contribution in [0.2, 0.25) is 5.15 Å². The van der Waals surface area contributed by atoms with Crippen molar-refractivity contribution in [1.82, 2.24) is 25.1 Å². The number of carbonyl (C=O) groups is 1. The average molecular weight is 471 g/mol. The van der Waals surface area contributed by atoms with Gasteiger partial charge < -0.3 is 15.1 Å². The van der Waals surface area contributed by atoms with Gasteiger partial charge >= 0.3 is 6.03 Å². The first-order valence-electron chi connectivity index (χ1n) is 12.0. The monoisotopic (exact) mass is 470 g/mol. The number of nitrogens with one attached hydrogen (secondary N) is 1. The van der Waals surface area contributed by atoms with Crippen LogP contribution in [0, 0.1) is 5.92 Å². The Labute approximate surface area is 202 Å². The number of halogens is 1. The number of likely N-dealkylation sites (tertiary alicyclic amines) is 1. The van der Waals surface area contributed by atoms with E-state index >= 15 is 0 Å². The molecule has 4 rings (SSSR count). The summed E-state index contributed by atoms with van der Waals surface area (Å²) in [5.74, 6) is 1.49. The number of rotatable bonds is 6. The Balaban J connectivity index is 1.18. The predicted octanol–water partition coefficient (Wildman–Crippen LogP) is 4.04. The molecule has 178 valence electrons. The van der Waals surface area contributed by atoms with Crippen LogP contribution >= 0.6 is 11.6 Å². The molecule has 2 aliphatic rings. The molecule has 0 spiro atoms. The molecule has 2 unspecified atom stereocenters. The van der Waals surface area contributed by atoms with Gasteiger partial charge in [-0.25, -0.2) is 14.8 Å². The number of aromatic nitrogens is 2. The maximum absolute atomic E-state index is 12.9. The maximum Gasteiger partial charge on any atom is 0.318 e. The molecule has 1 aromatic carbocycles. The predicted molar refractivity (Wildman–Crippen MR) is 132 cm³/mol. The first-order chi connectivity index (χ1) is 16.0. The first-order valence-corrected chi connectivity index (χ1v) is 12.4. The van der Waals surface area contributed by atoms with Crippen LogP contribution in [0.4, 0.5) is 10.6 Å². The Morgan fingerprint density at radius 3 is 2.39 bits per heavy atom. The summed E-state index contributed by atoms with van der Waals surface area (Å²) in [6, 6.07) is 10.9. The van der Waals surface area contributed by atoms with Gasteiger partial charge in [0.05, 0.1) is 12.4 Å². The molecule has 0 aliphatic carbocycles. The average Bonchev–Trinajstić information content (AvgIpc) is 2.81. The topological polar surface area (TPSA) is 64.6 Å². The van der Waals surface area contributed by atoms with Crippen molar-refractivity contribution in [3.8, 4) is 0 Å². The molecule has 2 fully saturated rings. The largest absolute Gasteiger partial charge is 0.351 e. The van der Waals surface area contributed by atoms with Gasteiger partial charge in [-0.3, -0.25) is 4.90 Å². The lowest BCUT2D eigenvalue weighted by molar-refractivity contribution is 0.139. The number of piperidine rings is 1. The van der Waals surface area contributed by atoms with E-state index in [9.17, 15) is 4.79 Å². The number of piperazine rings is 1. The summed E-state index contributed by atoms with van der Waals surface area (Å²) in [6.07, 6.45) is 6.72. The lowest BCUT2D eigenvalue weighted by Gasteiger charge is -2.44. The van der Waals surface area contributed by atoms with Gasteiger partial charge in [0.15, 0.2) is 0 Å². The van der Waals surface area contributed by atoms with E-state index in [-0.39, 0.29) is 18.1 Å². The van der Waals surface area contributed by atoms with Crippen LogP contribution in [-0.4, -0.2) is 70.6 Å². The zero-order valence-electron chi connectivity index (χ0n) is 19.7. The number of benzene rings is 1. The molecule has 2 saturated heterocycles. The lowest BCUT2D eigenvalue weighted by Crippen LogP contribution is -2.61. The SMILES string of the molecule is CC1CN(c2cnc(Cl)cn2)CC(C)N1C(=O)NCCC1CCN(Cc2ccccc2)CC1. The molecule has 0 bridgehead atoms. The quantitative estimate of drug-likeness (QED) is 0.690. The molecule has 1 N–H and O–H groups in total.